The minimum Gasteiger partial charge on any atom is -0.313 e. The fourth-order valence-electron chi connectivity index (χ4n) is 2.17. The van der Waals surface area contributed by atoms with E-state index in [1.165, 1.54) is 45.3 Å². The Hall–Kier alpha value is -0.0800. The van der Waals surface area contributed by atoms with Gasteiger partial charge in [-0.3, -0.25) is 0 Å². The van der Waals surface area contributed by atoms with Gasteiger partial charge >= 0.3 is 0 Å². The van der Waals surface area contributed by atoms with Gasteiger partial charge in [-0.2, -0.15) is 0 Å². The monoisotopic (exact) mass is 242 g/mol. The predicted octanol–water partition coefficient (Wildman–Crippen LogP) is 3.52. The second-order valence-electron chi connectivity index (χ2n) is 5.42. The number of hydrogen-bond donors (Lipinski definition) is 1. The summed E-state index contributed by atoms with van der Waals surface area (Å²) < 4.78 is 0. The van der Waals surface area contributed by atoms with Crippen LogP contribution in [-0.4, -0.2) is 37.1 Å². The molecule has 0 saturated carbocycles. The fourth-order valence-corrected chi connectivity index (χ4v) is 2.17. The first-order valence-electron chi connectivity index (χ1n) is 7.59. The molecule has 0 aliphatic carbocycles. The summed E-state index contributed by atoms with van der Waals surface area (Å²) in [6.45, 7) is 16.1. The van der Waals surface area contributed by atoms with Gasteiger partial charge in [-0.15, -0.1) is 0 Å². The van der Waals surface area contributed by atoms with E-state index in [-0.39, 0.29) is 0 Å². The maximum absolute atomic E-state index is 3.50. The molecular formula is C15H34N2. The van der Waals surface area contributed by atoms with E-state index in [2.05, 4.69) is 44.8 Å². The Morgan fingerprint density at radius 3 is 2.29 bits per heavy atom. The molecule has 104 valence electrons. The minimum absolute atomic E-state index is 0.607. The van der Waals surface area contributed by atoms with Gasteiger partial charge in [0.15, 0.2) is 0 Å². The first-order valence-corrected chi connectivity index (χ1v) is 7.59. The lowest BCUT2D eigenvalue weighted by molar-refractivity contribution is 0.227. The summed E-state index contributed by atoms with van der Waals surface area (Å²) in [5.74, 6) is 0.897. The van der Waals surface area contributed by atoms with E-state index in [0.29, 0.717) is 6.04 Å². The van der Waals surface area contributed by atoms with Crippen molar-refractivity contribution in [3.05, 3.63) is 0 Å². The summed E-state index contributed by atoms with van der Waals surface area (Å²) >= 11 is 0. The third kappa shape index (κ3) is 9.61. The Kier molecular flexibility index (Phi) is 11.0. The highest BCUT2D eigenvalue weighted by atomic mass is 15.1. The van der Waals surface area contributed by atoms with Crippen LogP contribution >= 0.6 is 0 Å². The van der Waals surface area contributed by atoms with E-state index in [0.717, 1.165) is 12.5 Å². The smallest absolute Gasteiger partial charge is 0.0107 e. The van der Waals surface area contributed by atoms with Crippen molar-refractivity contribution in [2.24, 2.45) is 5.92 Å². The van der Waals surface area contributed by atoms with Crippen LogP contribution in [0.25, 0.3) is 0 Å². The molecule has 0 aromatic carbocycles. The van der Waals surface area contributed by atoms with Gasteiger partial charge in [-0.25, -0.2) is 0 Å². The zero-order chi connectivity index (χ0) is 13.1. The highest BCUT2D eigenvalue weighted by Gasteiger charge is 2.10. The zero-order valence-electron chi connectivity index (χ0n) is 12.8. The summed E-state index contributed by atoms with van der Waals surface area (Å²) in [6.07, 6.45) is 5.45. The molecule has 0 aromatic heterocycles. The third-order valence-corrected chi connectivity index (χ3v) is 3.49. The van der Waals surface area contributed by atoms with E-state index in [1.807, 2.05) is 0 Å². The fraction of sp³-hybridized carbons (Fsp3) is 1.00. The van der Waals surface area contributed by atoms with Crippen molar-refractivity contribution in [3.63, 3.8) is 0 Å². The molecule has 0 saturated heterocycles. The molecule has 0 fully saturated rings. The van der Waals surface area contributed by atoms with Gasteiger partial charge in [0.2, 0.25) is 0 Å². The maximum atomic E-state index is 3.50. The van der Waals surface area contributed by atoms with Gasteiger partial charge in [0.05, 0.1) is 0 Å². The van der Waals surface area contributed by atoms with Crippen LogP contribution in [0.4, 0.5) is 0 Å². The van der Waals surface area contributed by atoms with Crippen LogP contribution in [0.1, 0.15) is 60.3 Å². The molecule has 0 aliphatic heterocycles. The quantitative estimate of drug-likeness (QED) is 0.596. The van der Waals surface area contributed by atoms with Gasteiger partial charge in [0, 0.05) is 25.7 Å². The van der Waals surface area contributed by atoms with Crippen molar-refractivity contribution >= 4 is 0 Å². The number of nitrogens with one attached hydrogen (secondary N) is 1. The Balaban J connectivity index is 3.82. The summed E-state index contributed by atoms with van der Waals surface area (Å²) in [6, 6.07) is 0.607. The average Bonchev–Trinajstić information content (AvgIpc) is 2.31. The largest absolute Gasteiger partial charge is 0.313 e. The highest BCUT2D eigenvalue weighted by Crippen LogP contribution is 2.13. The van der Waals surface area contributed by atoms with Crippen LogP contribution in [0.5, 0.6) is 0 Å². The Morgan fingerprint density at radius 1 is 1.12 bits per heavy atom. The molecule has 0 bridgehead atoms. The molecule has 2 nitrogen and oxygen atoms in total. The summed E-state index contributed by atoms with van der Waals surface area (Å²) in [5.41, 5.74) is 0. The molecule has 0 aliphatic rings. The molecule has 0 aromatic rings. The summed E-state index contributed by atoms with van der Waals surface area (Å²) in [7, 11) is 0. The van der Waals surface area contributed by atoms with E-state index < -0.39 is 0 Å². The first kappa shape index (κ1) is 16.9. The van der Waals surface area contributed by atoms with Crippen LogP contribution in [0, 0.1) is 5.92 Å². The van der Waals surface area contributed by atoms with E-state index in [9.17, 15) is 0 Å². The van der Waals surface area contributed by atoms with Gasteiger partial charge in [-0.05, 0) is 18.9 Å². The minimum atomic E-state index is 0.607. The molecule has 2 heteroatoms. The molecule has 0 amide bonds. The standard InChI is InChI=1S/C15H34N2/c1-6-9-10-15(7-2)13-17(8-3)12-11-16-14(4)5/h14-16H,6-13H2,1-5H3. The highest BCUT2D eigenvalue weighted by molar-refractivity contribution is 4.66. The van der Waals surface area contributed by atoms with Crippen molar-refractivity contribution in [1.82, 2.24) is 10.2 Å². The van der Waals surface area contributed by atoms with Crippen molar-refractivity contribution in [2.75, 3.05) is 26.2 Å². The second kappa shape index (κ2) is 11.0. The molecule has 0 spiro atoms. The van der Waals surface area contributed by atoms with Crippen LogP contribution in [0.15, 0.2) is 0 Å². The van der Waals surface area contributed by atoms with Gasteiger partial charge < -0.3 is 10.2 Å². The molecule has 17 heavy (non-hydrogen) atoms. The van der Waals surface area contributed by atoms with Crippen molar-refractivity contribution in [3.8, 4) is 0 Å². The normalized spacial score (nSPS) is 13.6. The predicted molar refractivity (Wildman–Crippen MR) is 78.6 cm³/mol. The topological polar surface area (TPSA) is 15.3 Å². The lowest BCUT2D eigenvalue weighted by Gasteiger charge is -2.26. The van der Waals surface area contributed by atoms with E-state index in [1.54, 1.807) is 0 Å². The molecule has 1 unspecified atom stereocenters. The molecule has 0 radical (unpaired) electrons. The summed E-state index contributed by atoms with van der Waals surface area (Å²) in [5, 5.41) is 3.50. The molecule has 1 atom stereocenters. The van der Waals surface area contributed by atoms with Crippen molar-refractivity contribution in [2.45, 2.75) is 66.3 Å². The Bertz CT molecular complexity index is 157. The van der Waals surface area contributed by atoms with Crippen LogP contribution < -0.4 is 5.32 Å². The van der Waals surface area contributed by atoms with Crippen molar-refractivity contribution < 1.29 is 0 Å². The van der Waals surface area contributed by atoms with Crippen LogP contribution in [0.3, 0.4) is 0 Å². The number of hydrogen-bond acceptors (Lipinski definition) is 2. The van der Waals surface area contributed by atoms with Crippen LogP contribution in [0.2, 0.25) is 0 Å². The average molecular weight is 242 g/mol. The van der Waals surface area contributed by atoms with E-state index in [4.69, 9.17) is 0 Å². The lowest BCUT2D eigenvalue weighted by atomic mass is 9.99. The second-order valence-corrected chi connectivity index (χ2v) is 5.42. The van der Waals surface area contributed by atoms with Gasteiger partial charge in [0.1, 0.15) is 0 Å². The lowest BCUT2D eigenvalue weighted by Crippen LogP contribution is -2.37. The van der Waals surface area contributed by atoms with E-state index >= 15 is 0 Å². The zero-order valence-corrected chi connectivity index (χ0v) is 12.8. The number of rotatable bonds is 11. The van der Waals surface area contributed by atoms with Gasteiger partial charge in [-0.1, -0.05) is 53.9 Å². The molecule has 1 N–H and O–H groups in total. The molecular weight excluding hydrogens is 208 g/mol. The number of likely N-dealkylation sites (N-methyl/N-ethyl adjacent to an activating group) is 1. The first-order chi connectivity index (χ1) is 8.13. The Labute approximate surface area is 109 Å². The van der Waals surface area contributed by atoms with Crippen molar-refractivity contribution in [1.29, 1.82) is 0 Å². The Morgan fingerprint density at radius 2 is 1.82 bits per heavy atom. The molecule has 0 heterocycles. The number of unbranched alkanes of at least 4 members (excludes halogenated alkanes) is 1. The number of nitrogens with zero attached hydrogens (tertiary/aromatic N) is 1. The molecule has 0 rings (SSSR count). The summed E-state index contributed by atoms with van der Waals surface area (Å²) in [4.78, 5) is 2.60. The SMILES string of the molecule is CCCCC(CC)CN(CC)CCNC(C)C. The van der Waals surface area contributed by atoms with Crippen LogP contribution in [-0.2, 0) is 0 Å². The third-order valence-electron chi connectivity index (χ3n) is 3.49. The maximum Gasteiger partial charge on any atom is 0.0107 e. The van der Waals surface area contributed by atoms with Gasteiger partial charge in [0.25, 0.3) is 0 Å².